The van der Waals surface area contributed by atoms with Crippen LogP contribution in [0.5, 0.6) is 5.88 Å². The van der Waals surface area contributed by atoms with Crippen LogP contribution in [0.4, 0.5) is 11.4 Å². The Kier molecular flexibility index (Phi) is 5.36. The molecule has 0 aliphatic carbocycles. The van der Waals surface area contributed by atoms with E-state index in [0.717, 1.165) is 20.9 Å². The van der Waals surface area contributed by atoms with Crippen molar-refractivity contribution >= 4 is 39.4 Å². The molecule has 0 amide bonds. The minimum atomic E-state index is -0.766. The monoisotopic (exact) mass is 484 g/mol. The molecule has 0 saturated carbocycles. The van der Waals surface area contributed by atoms with Gasteiger partial charge in [0.05, 0.1) is 28.1 Å². The van der Waals surface area contributed by atoms with Gasteiger partial charge in [0.15, 0.2) is 0 Å². The summed E-state index contributed by atoms with van der Waals surface area (Å²) in [7, 11) is 7.05. The van der Waals surface area contributed by atoms with Crippen molar-refractivity contribution in [1.82, 2.24) is 18.7 Å². The number of hydrogen-bond donors (Lipinski definition) is 2. The lowest BCUT2D eigenvalue weighted by atomic mass is 10.1. The number of anilines is 1. The fourth-order valence-corrected chi connectivity index (χ4v) is 4.40. The number of aliphatic imine (C=N–C) groups is 1. The number of fused-ring (bicyclic) bond motifs is 2. The first kappa shape index (κ1) is 22.9. The number of aromatic hydroxyl groups is 1. The number of rotatable bonds is 4. The van der Waals surface area contributed by atoms with E-state index in [1.165, 1.54) is 10.8 Å². The maximum absolute atomic E-state index is 12.8. The predicted octanol–water partition coefficient (Wildman–Crippen LogP) is 2.39. The molecule has 10 nitrogen and oxygen atoms in total. The summed E-state index contributed by atoms with van der Waals surface area (Å²) in [6.07, 6.45) is 1.23. The van der Waals surface area contributed by atoms with Crippen molar-refractivity contribution in [3.8, 4) is 11.6 Å². The minimum absolute atomic E-state index is 0.172. The Balaban J connectivity index is 1.71. The van der Waals surface area contributed by atoms with E-state index >= 15 is 0 Å². The Bertz CT molecular complexity index is 1870. The van der Waals surface area contributed by atoms with E-state index in [1.807, 2.05) is 55.4 Å². The molecular weight excluding hydrogens is 460 g/mol. The first-order valence-electron chi connectivity index (χ1n) is 11.2. The Morgan fingerprint density at radius 3 is 2.33 bits per heavy atom. The molecule has 0 unspecified atom stereocenters. The van der Waals surface area contributed by atoms with Crippen LogP contribution in [0.3, 0.4) is 0 Å². The second kappa shape index (κ2) is 8.42. The summed E-state index contributed by atoms with van der Waals surface area (Å²) in [5.74, 6) is -0.525. The second-order valence-corrected chi connectivity index (χ2v) is 8.71. The van der Waals surface area contributed by atoms with E-state index < -0.39 is 17.1 Å². The van der Waals surface area contributed by atoms with Crippen molar-refractivity contribution in [2.75, 3.05) is 19.0 Å². The zero-order valence-corrected chi connectivity index (χ0v) is 20.2. The van der Waals surface area contributed by atoms with Crippen molar-refractivity contribution in [3.05, 3.63) is 91.5 Å². The Hall–Kier alpha value is -4.86. The molecule has 182 valence electrons. The lowest BCUT2D eigenvalue weighted by Gasteiger charge is -2.16. The first-order valence-corrected chi connectivity index (χ1v) is 11.2. The molecule has 5 rings (SSSR count). The predicted molar refractivity (Wildman–Crippen MR) is 142 cm³/mol. The highest BCUT2D eigenvalue weighted by atomic mass is 16.3. The largest absolute Gasteiger partial charge is 0.493 e. The Morgan fingerprint density at radius 2 is 1.61 bits per heavy atom. The van der Waals surface area contributed by atoms with E-state index in [0.29, 0.717) is 22.6 Å². The molecule has 0 fully saturated rings. The van der Waals surface area contributed by atoms with Gasteiger partial charge in [-0.15, -0.1) is 0 Å². The Morgan fingerprint density at radius 1 is 0.944 bits per heavy atom. The number of aromatic nitrogens is 4. The van der Waals surface area contributed by atoms with Gasteiger partial charge in [0.2, 0.25) is 5.88 Å². The smallest absolute Gasteiger partial charge is 0.335 e. The van der Waals surface area contributed by atoms with Crippen LogP contribution in [0.1, 0.15) is 5.56 Å². The van der Waals surface area contributed by atoms with Crippen LogP contribution >= 0.6 is 0 Å². The van der Waals surface area contributed by atoms with Crippen molar-refractivity contribution in [1.29, 1.82) is 0 Å². The molecule has 36 heavy (non-hydrogen) atoms. The fraction of sp³-hybridized carbons (Fsp3) is 0.154. The molecule has 10 heteroatoms. The molecular formula is C26H24N6O4. The zero-order valence-electron chi connectivity index (χ0n) is 20.2. The molecule has 2 heterocycles. The van der Waals surface area contributed by atoms with Gasteiger partial charge in [0.1, 0.15) is 5.56 Å². The highest BCUT2D eigenvalue weighted by Crippen LogP contribution is 2.32. The van der Waals surface area contributed by atoms with Gasteiger partial charge in [-0.25, -0.2) is 14.2 Å². The van der Waals surface area contributed by atoms with Gasteiger partial charge in [-0.3, -0.25) is 23.9 Å². The molecule has 3 aromatic carbocycles. The van der Waals surface area contributed by atoms with Crippen LogP contribution < -0.4 is 21.8 Å². The highest BCUT2D eigenvalue weighted by molar-refractivity contribution is 5.93. The molecule has 0 aliphatic heterocycles. The molecule has 0 aliphatic rings. The standard InChI is InChI=1S/C26H24N6O4/c1-29(2)20-13-22-21(30(3)26(36)31(22)4)12-18(20)27-14-17-23(33)28-25(35)32(24(17)34)19-11-7-9-15-8-5-6-10-16(15)19/h5-14,34H,1-4H3,(H,28,33,35). The number of benzene rings is 3. The van der Waals surface area contributed by atoms with Crippen molar-refractivity contribution in [3.63, 3.8) is 0 Å². The zero-order chi connectivity index (χ0) is 25.7. The van der Waals surface area contributed by atoms with Gasteiger partial charge in [-0.1, -0.05) is 36.4 Å². The summed E-state index contributed by atoms with van der Waals surface area (Å²) in [6.45, 7) is 0. The molecule has 5 aromatic rings. The average molecular weight is 485 g/mol. The third-order valence-corrected chi connectivity index (χ3v) is 6.31. The molecule has 0 radical (unpaired) electrons. The van der Waals surface area contributed by atoms with E-state index in [9.17, 15) is 19.5 Å². The third-order valence-electron chi connectivity index (χ3n) is 6.31. The highest BCUT2D eigenvalue weighted by Gasteiger charge is 2.17. The van der Waals surface area contributed by atoms with Crippen LogP contribution in [0.15, 0.2) is 74.0 Å². The van der Waals surface area contributed by atoms with Gasteiger partial charge in [-0.2, -0.15) is 0 Å². The third kappa shape index (κ3) is 3.50. The summed E-state index contributed by atoms with van der Waals surface area (Å²) in [6, 6.07) is 16.4. The minimum Gasteiger partial charge on any atom is -0.493 e. The topological polar surface area (TPSA) is 118 Å². The molecule has 0 atom stereocenters. The number of hydrogen-bond acceptors (Lipinski definition) is 6. The lowest BCUT2D eigenvalue weighted by molar-refractivity contribution is 0.430. The van der Waals surface area contributed by atoms with Gasteiger partial charge < -0.3 is 10.0 Å². The molecule has 2 aromatic heterocycles. The quantitative estimate of drug-likeness (QED) is 0.380. The summed E-state index contributed by atoms with van der Waals surface area (Å²) in [4.78, 5) is 46.5. The molecule has 0 spiro atoms. The number of nitrogens with one attached hydrogen (secondary N) is 1. The summed E-state index contributed by atoms with van der Waals surface area (Å²) >= 11 is 0. The number of aryl methyl sites for hydroxylation is 2. The Labute approximate surface area is 204 Å². The summed E-state index contributed by atoms with van der Waals surface area (Å²) < 4.78 is 4.12. The van der Waals surface area contributed by atoms with Gasteiger partial charge in [0.25, 0.3) is 5.56 Å². The van der Waals surface area contributed by atoms with Crippen molar-refractivity contribution < 1.29 is 5.11 Å². The number of imidazole rings is 1. The molecule has 2 N–H and O–H groups in total. The van der Waals surface area contributed by atoms with Gasteiger partial charge >= 0.3 is 11.4 Å². The SMILES string of the molecule is CN(C)c1cc2c(cc1N=Cc1c(O)n(-c3cccc4ccccc34)c(=O)[nH]c1=O)n(C)c(=O)n2C. The first-order chi connectivity index (χ1) is 17.2. The van der Waals surface area contributed by atoms with Crippen LogP contribution in [0, 0.1) is 0 Å². The van der Waals surface area contributed by atoms with Gasteiger partial charge in [-0.05, 0) is 23.6 Å². The van der Waals surface area contributed by atoms with Crippen LogP contribution in [0.2, 0.25) is 0 Å². The van der Waals surface area contributed by atoms with E-state index in [4.69, 9.17) is 0 Å². The van der Waals surface area contributed by atoms with E-state index in [1.54, 1.807) is 36.9 Å². The lowest BCUT2D eigenvalue weighted by Crippen LogP contribution is -2.31. The number of aromatic amines is 1. The normalized spacial score (nSPS) is 11.7. The summed E-state index contributed by atoms with van der Waals surface area (Å²) in [5.41, 5.74) is 1.14. The maximum atomic E-state index is 12.8. The maximum Gasteiger partial charge on any atom is 0.335 e. The number of nitrogens with zero attached hydrogens (tertiary/aromatic N) is 5. The van der Waals surface area contributed by atoms with Crippen molar-refractivity contribution in [2.45, 2.75) is 0 Å². The fourth-order valence-electron chi connectivity index (χ4n) is 4.40. The van der Waals surface area contributed by atoms with Crippen LogP contribution in [-0.2, 0) is 14.1 Å². The summed E-state index contributed by atoms with van der Waals surface area (Å²) in [5, 5.41) is 12.7. The van der Waals surface area contributed by atoms with Crippen LogP contribution in [-0.4, -0.2) is 44.1 Å². The van der Waals surface area contributed by atoms with Crippen molar-refractivity contribution in [2.24, 2.45) is 19.1 Å². The average Bonchev–Trinajstić information content (AvgIpc) is 3.06. The molecule has 0 bridgehead atoms. The van der Waals surface area contributed by atoms with Gasteiger partial charge in [0, 0.05) is 39.8 Å². The van der Waals surface area contributed by atoms with Crippen LogP contribution in [0.25, 0.3) is 27.5 Å². The number of H-pyrrole nitrogens is 1. The molecule has 0 saturated heterocycles. The van der Waals surface area contributed by atoms with E-state index in [2.05, 4.69) is 9.98 Å². The second-order valence-electron chi connectivity index (χ2n) is 8.71. The van der Waals surface area contributed by atoms with E-state index in [-0.39, 0.29) is 11.3 Å².